The van der Waals surface area contributed by atoms with Gasteiger partial charge in [-0.3, -0.25) is 0 Å². The largest absolute Gasteiger partial charge is 0.374 e. The molecule has 1 saturated carbocycles. The van der Waals surface area contributed by atoms with Gasteiger partial charge in [0.2, 0.25) is 11.7 Å². The monoisotopic (exact) mass is 395 g/mol. The molecule has 4 rings (SSSR count). The zero-order valence-corrected chi connectivity index (χ0v) is 16.2. The Bertz CT molecular complexity index is 1010. The fourth-order valence-electron chi connectivity index (χ4n) is 2.80. The molecule has 0 radical (unpaired) electrons. The number of urea groups is 1. The predicted molar refractivity (Wildman–Crippen MR) is 108 cm³/mol. The summed E-state index contributed by atoms with van der Waals surface area (Å²) in [6.45, 7) is 3.59. The molecule has 1 aromatic heterocycles. The van der Waals surface area contributed by atoms with Gasteiger partial charge >= 0.3 is 6.03 Å². The number of carbonyl (C=O) groups excluding carboxylic acids is 1. The van der Waals surface area contributed by atoms with E-state index in [1.165, 1.54) is 6.07 Å². The van der Waals surface area contributed by atoms with Gasteiger partial charge < -0.3 is 20.5 Å². The molecule has 8 heteroatoms. The summed E-state index contributed by atoms with van der Waals surface area (Å²) in [5, 5.41) is 12.9. The van der Waals surface area contributed by atoms with Gasteiger partial charge in [-0.2, -0.15) is 4.98 Å². The van der Waals surface area contributed by atoms with Crippen molar-refractivity contribution in [2.75, 3.05) is 10.6 Å². The maximum absolute atomic E-state index is 13.8. The van der Waals surface area contributed by atoms with Crippen molar-refractivity contribution in [3.05, 3.63) is 59.7 Å². The standard InChI is InChI=1S/C21H22FN5O2/c1-12-3-4-14(11-18(12)22)19-26-20(29-27-19)13(2)23-15-5-7-16(8-6-15)24-21(28)25-17-9-10-17/h3-8,11,13,17,23H,9-10H2,1-2H3,(H2,24,25,28). The van der Waals surface area contributed by atoms with Gasteiger partial charge in [0, 0.05) is 23.0 Å². The second kappa shape index (κ2) is 7.90. The van der Waals surface area contributed by atoms with E-state index in [2.05, 4.69) is 26.1 Å². The van der Waals surface area contributed by atoms with Crippen molar-refractivity contribution in [2.24, 2.45) is 0 Å². The molecule has 29 heavy (non-hydrogen) atoms. The van der Waals surface area contributed by atoms with Crippen LogP contribution in [0.3, 0.4) is 0 Å². The number of halogens is 1. The summed E-state index contributed by atoms with van der Waals surface area (Å²) in [4.78, 5) is 16.1. The highest BCUT2D eigenvalue weighted by molar-refractivity contribution is 5.89. The highest BCUT2D eigenvalue weighted by Gasteiger charge is 2.23. The summed E-state index contributed by atoms with van der Waals surface area (Å²) in [5.74, 6) is 0.431. The molecule has 1 aliphatic carbocycles. The van der Waals surface area contributed by atoms with E-state index in [1.807, 2.05) is 31.2 Å². The minimum Gasteiger partial charge on any atom is -0.374 e. The average molecular weight is 395 g/mol. The van der Waals surface area contributed by atoms with Crippen LogP contribution in [0.5, 0.6) is 0 Å². The highest BCUT2D eigenvalue weighted by Crippen LogP contribution is 2.24. The second-order valence-corrected chi connectivity index (χ2v) is 7.24. The lowest BCUT2D eigenvalue weighted by molar-refractivity contribution is 0.251. The molecule has 3 N–H and O–H groups in total. The molecule has 1 atom stereocenters. The lowest BCUT2D eigenvalue weighted by Crippen LogP contribution is -2.30. The highest BCUT2D eigenvalue weighted by atomic mass is 19.1. The van der Waals surface area contributed by atoms with E-state index in [1.54, 1.807) is 19.1 Å². The molecule has 0 aliphatic heterocycles. The maximum Gasteiger partial charge on any atom is 0.319 e. The predicted octanol–water partition coefficient (Wildman–Crippen LogP) is 4.64. The first kappa shape index (κ1) is 18.9. The number of hydrogen-bond acceptors (Lipinski definition) is 5. The smallest absolute Gasteiger partial charge is 0.319 e. The third-order valence-electron chi connectivity index (χ3n) is 4.68. The number of anilines is 2. The fraction of sp³-hybridized carbons (Fsp3) is 0.286. The van der Waals surface area contributed by atoms with Crippen molar-refractivity contribution in [2.45, 2.75) is 38.8 Å². The van der Waals surface area contributed by atoms with Crippen LogP contribution in [-0.4, -0.2) is 22.2 Å². The van der Waals surface area contributed by atoms with E-state index >= 15 is 0 Å². The average Bonchev–Trinajstić information content (AvgIpc) is 3.36. The lowest BCUT2D eigenvalue weighted by Gasteiger charge is -2.12. The second-order valence-electron chi connectivity index (χ2n) is 7.24. The van der Waals surface area contributed by atoms with Crippen LogP contribution in [0.4, 0.5) is 20.6 Å². The molecule has 0 spiro atoms. The summed E-state index contributed by atoms with van der Waals surface area (Å²) in [5.41, 5.74) is 2.68. The van der Waals surface area contributed by atoms with Gasteiger partial charge in [-0.15, -0.1) is 0 Å². The maximum atomic E-state index is 13.8. The summed E-state index contributed by atoms with van der Waals surface area (Å²) < 4.78 is 19.1. The van der Waals surface area contributed by atoms with Crippen LogP contribution in [-0.2, 0) is 0 Å². The minimum atomic E-state index is -0.306. The van der Waals surface area contributed by atoms with Crippen molar-refractivity contribution in [1.82, 2.24) is 15.5 Å². The quantitative estimate of drug-likeness (QED) is 0.565. The Morgan fingerprint density at radius 2 is 1.90 bits per heavy atom. The Balaban J connectivity index is 1.37. The van der Waals surface area contributed by atoms with Crippen LogP contribution in [0.25, 0.3) is 11.4 Å². The number of aryl methyl sites for hydroxylation is 1. The van der Waals surface area contributed by atoms with Crippen molar-refractivity contribution in [3.63, 3.8) is 0 Å². The van der Waals surface area contributed by atoms with Gasteiger partial charge in [-0.1, -0.05) is 17.3 Å². The van der Waals surface area contributed by atoms with Crippen molar-refractivity contribution < 1.29 is 13.7 Å². The topological polar surface area (TPSA) is 92.1 Å². The number of aromatic nitrogens is 2. The van der Waals surface area contributed by atoms with E-state index < -0.39 is 0 Å². The molecular weight excluding hydrogens is 373 g/mol. The Hall–Kier alpha value is -3.42. The summed E-state index contributed by atoms with van der Waals surface area (Å²) >= 11 is 0. The molecule has 150 valence electrons. The zero-order chi connectivity index (χ0) is 20.4. The van der Waals surface area contributed by atoms with Crippen LogP contribution >= 0.6 is 0 Å². The van der Waals surface area contributed by atoms with Crippen molar-refractivity contribution in [1.29, 1.82) is 0 Å². The van der Waals surface area contributed by atoms with E-state index in [4.69, 9.17) is 4.52 Å². The first-order valence-electron chi connectivity index (χ1n) is 9.52. The van der Waals surface area contributed by atoms with Crippen LogP contribution < -0.4 is 16.0 Å². The third kappa shape index (κ3) is 4.71. The molecule has 1 heterocycles. The molecule has 1 aliphatic rings. The Morgan fingerprint density at radius 3 is 2.59 bits per heavy atom. The molecule has 3 aromatic rings. The van der Waals surface area contributed by atoms with Crippen LogP contribution in [0.2, 0.25) is 0 Å². The van der Waals surface area contributed by atoms with Crippen LogP contribution in [0.15, 0.2) is 47.0 Å². The van der Waals surface area contributed by atoms with E-state index in [0.717, 1.165) is 18.5 Å². The number of benzene rings is 2. The lowest BCUT2D eigenvalue weighted by atomic mass is 10.1. The number of carbonyl (C=O) groups is 1. The van der Waals surface area contributed by atoms with E-state index in [-0.39, 0.29) is 17.9 Å². The van der Waals surface area contributed by atoms with Gasteiger partial charge in [-0.05, 0) is 62.6 Å². The Labute approximate surface area is 167 Å². The van der Waals surface area contributed by atoms with Gasteiger partial charge in [0.05, 0.1) is 0 Å². The number of nitrogens with one attached hydrogen (secondary N) is 3. The van der Waals surface area contributed by atoms with Crippen molar-refractivity contribution in [3.8, 4) is 11.4 Å². The number of amides is 2. The molecule has 1 unspecified atom stereocenters. The summed E-state index contributed by atoms with van der Waals surface area (Å²) in [6.07, 6.45) is 2.09. The molecule has 0 bridgehead atoms. The first-order valence-corrected chi connectivity index (χ1v) is 9.52. The third-order valence-corrected chi connectivity index (χ3v) is 4.68. The fourth-order valence-corrected chi connectivity index (χ4v) is 2.80. The summed E-state index contributed by atoms with van der Waals surface area (Å²) in [6, 6.07) is 12.1. The van der Waals surface area contributed by atoms with Crippen molar-refractivity contribution >= 4 is 17.4 Å². The molecule has 2 amide bonds. The van der Waals surface area contributed by atoms with Gasteiger partial charge in [0.1, 0.15) is 11.9 Å². The molecule has 1 fully saturated rings. The number of hydrogen-bond donors (Lipinski definition) is 3. The van der Waals surface area contributed by atoms with E-state index in [0.29, 0.717) is 34.6 Å². The number of rotatable bonds is 6. The Kier molecular flexibility index (Phi) is 5.16. The number of nitrogens with zero attached hydrogens (tertiary/aromatic N) is 2. The zero-order valence-electron chi connectivity index (χ0n) is 16.2. The molecular formula is C21H22FN5O2. The Morgan fingerprint density at radius 1 is 1.17 bits per heavy atom. The minimum absolute atomic E-state index is 0.187. The molecule has 2 aromatic carbocycles. The van der Waals surface area contributed by atoms with Crippen LogP contribution in [0.1, 0.15) is 37.3 Å². The van der Waals surface area contributed by atoms with Crippen LogP contribution in [0, 0.1) is 12.7 Å². The van der Waals surface area contributed by atoms with Gasteiger partial charge in [-0.25, -0.2) is 9.18 Å². The van der Waals surface area contributed by atoms with Gasteiger partial charge in [0.15, 0.2) is 0 Å². The van der Waals surface area contributed by atoms with Gasteiger partial charge in [0.25, 0.3) is 0 Å². The first-order chi connectivity index (χ1) is 14.0. The molecule has 0 saturated heterocycles. The SMILES string of the molecule is Cc1ccc(-c2noc(C(C)Nc3ccc(NC(=O)NC4CC4)cc3)n2)cc1F. The molecule has 7 nitrogen and oxygen atoms in total. The normalized spacial score (nSPS) is 14.3. The summed E-state index contributed by atoms with van der Waals surface area (Å²) in [7, 11) is 0. The van der Waals surface area contributed by atoms with E-state index in [9.17, 15) is 9.18 Å².